The number of esters is 2. The molecule has 0 amide bonds. The first-order valence-electron chi connectivity index (χ1n) is 2.81. The lowest BCUT2D eigenvalue weighted by Gasteiger charge is -1.92. The number of ether oxygens (including phenoxy) is 2. The molecule has 1 N–H and O–H groups in total. The SMILES string of the molecule is CC(=O)O.COC(=O)C(=O)OC. The van der Waals surface area contributed by atoms with Gasteiger partial charge in [0, 0.05) is 6.92 Å². The molecule has 0 aliphatic carbocycles. The lowest BCUT2D eigenvalue weighted by Crippen LogP contribution is -2.16. The van der Waals surface area contributed by atoms with E-state index in [-0.39, 0.29) is 0 Å². The topological polar surface area (TPSA) is 89.9 Å². The van der Waals surface area contributed by atoms with Gasteiger partial charge in [-0.3, -0.25) is 4.79 Å². The summed E-state index contributed by atoms with van der Waals surface area (Å²) < 4.78 is 7.98. The van der Waals surface area contributed by atoms with Crippen molar-refractivity contribution in [2.24, 2.45) is 0 Å². The second-order valence-corrected chi connectivity index (χ2v) is 1.50. The molecular formula is C6H10O6. The Morgan fingerprint density at radius 3 is 1.25 bits per heavy atom. The van der Waals surface area contributed by atoms with Crippen molar-refractivity contribution < 1.29 is 29.0 Å². The van der Waals surface area contributed by atoms with Gasteiger partial charge in [-0.15, -0.1) is 0 Å². The highest BCUT2D eigenvalue weighted by atomic mass is 16.6. The van der Waals surface area contributed by atoms with Crippen molar-refractivity contribution in [1.82, 2.24) is 0 Å². The van der Waals surface area contributed by atoms with Gasteiger partial charge in [-0.25, -0.2) is 9.59 Å². The largest absolute Gasteiger partial charge is 0.481 e. The highest BCUT2D eigenvalue weighted by Crippen LogP contribution is 1.75. The summed E-state index contributed by atoms with van der Waals surface area (Å²) in [6.45, 7) is 1.08. The Morgan fingerprint density at radius 1 is 1.00 bits per heavy atom. The van der Waals surface area contributed by atoms with E-state index in [0.717, 1.165) is 21.1 Å². The van der Waals surface area contributed by atoms with E-state index in [1.165, 1.54) is 0 Å². The van der Waals surface area contributed by atoms with Crippen LogP contribution in [0.2, 0.25) is 0 Å². The van der Waals surface area contributed by atoms with Crippen LogP contribution < -0.4 is 0 Å². The molecule has 0 fully saturated rings. The van der Waals surface area contributed by atoms with Crippen LogP contribution in [-0.4, -0.2) is 37.2 Å². The van der Waals surface area contributed by atoms with Gasteiger partial charge in [-0.1, -0.05) is 0 Å². The molecule has 0 aromatic carbocycles. The normalized spacial score (nSPS) is 7.25. The molecular weight excluding hydrogens is 168 g/mol. The summed E-state index contributed by atoms with van der Waals surface area (Å²) in [6, 6.07) is 0. The fourth-order valence-electron chi connectivity index (χ4n) is 0.167. The van der Waals surface area contributed by atoms with Crippen LogP contribution in [0.1, 0.15) is 6.92 Å². The number of hydrogen-bond donors (Lipinski definition) is 1. The fraction of sp³-hybridized carbons (Fsp3) is 0.500. The average molecular weight is 178 g/mol. The molecule has 6 heteroatoms. The van der Waals surface area contributed by atoms with E-state index in [2.05, 4.69) is 9.47 Å². The van der Waals surface area contributed by atoms with E-state index >= 15 is 0 Å². The van der Waals surface area contributed by atoms with Crippen LogP contribution in [0.4, 0.5) is 0 Å². The third kappa shape index (κ3) is 11.2. The van der Waals surface area contributed by atoms with Gasteiger partial charge in [0.2, 0.25) is 0 Å². The van der Waals surface area contributed by atoms with Gasteiger partial charge in [0.05, 0.1) is 14.2 Å². The minimum atomic E-state index is -0.979. The van der Waals surface area contributed by atoms with Crippen molar-refractivity contribution in [3.63, 3.8) is 0 Å². The number of methoxy groups -OCH3 is 2. The maximum absolute atomic E-state index is 10.0. The second kappa shape index (κ2) is 7.52. The number of aliphatic carboxylic acids is 1. The highest BCUT2D eigenvalue weighted by molar-refractivity contribution is 6.29. The van der Waals surface area contributed by atoms with Crippen LogP contribution in [0.3, 0.4) is 0 Å². The zero-order valence-electron chi connectivity index (χ0n) is 6.99. The monoisotopic (exact) mass is 178 g/mol. The summed E-state index contributed by atoms with van der Waals surface area (Å²) in [4.78, 5) is 29.1. The third-order valence-electron chi connectivity index (χ3n) is 0.537. The Hall–Kier alpha value is -1.59. The van der Waals surface area contributed by atoms with Crippen LogP contribution in [0.5, 0.6) is 0 Å². The molecule has 0 saturated heterocycles. The number of carboxylic acid groups (broad SMARTS) is 1. The summed E-state index contributed by atoms with van der Waals surface area (Å²) in [7, 11) is 2.22. The maximum atomic E-state index is 10.0. The summed E-state index contributed by atoms with van der Waals surface area (Å²) in [5, 5.41) is 7.42. The molecule has 0 unspecified atom stereocenters. The molecule has 0 rings (SSSR count). The lowest BCUT2D eigenvalue weighted by atomic mass is 10.7. The van der Waals surface area contributed by atoms with E-state index in [9.17, 15) is 9.59 Å². The van der Waals surface area contributed by atoms with Crippen molar-refractivity contribution in [3.8, 4) is 0 Å². The predicted octanol–water partition coefficient (Wildman–Crippen LogP) is -0.577. The van der Waals surface area contributed by atoms with Gasteiger partial charge in [-0.2, -0.15) is 0 Å². The van der Waals surface area contributed by atoms with E-state index in [0.29, 0.717) is 0 Å². The zero-order chi connectivity index (χ0) is 10.1. The van der Waals surface area contributed by atoms with Crippen molar-refractivity contribution in [2.45, 2.75) is 6.92 Å². The van der Waals surface area contributed by atoms with Gasteiger partial charge in [0.25, 0.3) is 5.97 Å². The maximum Gasteiger partial charge on any atom is 0.417 e. The zero-order valence-corrected chi connectivity index (χ0v) is 6.99. The minimum Gasteiger partial charge on any atom is -0.481 e. The Bertz CT molecular complexity index is 155. The number of hydrogen-bond acceptors (Lipinski definition) is 5. The standard InChI is InChI=1S/C4H6O4.C2H4O2/c1-7-3(5)4(6)8-2;1-2(3)4/h1-2H3;1H3,(H,3,4). The summed E-state index contributed by atoms with van der Waals surface area (Å²) in [5.74, 6) is -2.79. The van der Waals surface area contributed by atoms with Gasteiger partial charge in [0.15, 0.2) is 0 Å². The summed E-state index contributed by atoms with van der Waals surface area (Å²) in [6.07, 6.45) is 0. The number of carboxylic acids is 1. The number of carbonyl (C=O) groups is 3. The van der Waals surface area contributed by atoms with Crippen LogP contribution in [0.25, 0.3) is 0 Å². The Balaban J connectivity index is 0. The minimum absolute atomic E-state index is 0.833. The molecule has 0 aliphatic rings. The quantitative estimate of drug-likeness (QED) is 0.394. The van der Waals surface area contributed by atoms with Crippen molar-refractivity contribution >= 4 is 17.9 Å². The second-order valence-electron chi connectivity index (χ2n) is 1.50. The first kappa shape index (κ1) is 13.0. The first-order valence-corrected chi connectivity index (χ1v) is 2.81. The van der Waals surface area contributed by atoms with Crippen LogP contribution in [-0.2, 0) is 23.9 Å². The highest BCUT2D eigenvalue weighted by Gasteiger charge is 2.11. The molecule has 0 heterocycles. The molecule has 0 bridgehead atoms. The molecule has 12 heavy (non-hydrogen) atoms. The fourth-order valence-corrected chi connectivity index (χ4v) is 0.167. The predicted molar refractivity (Wildman–Crippen MR) is 37.3 cm³/mol. The van der Waals surface area contributed by atoms with E-state index in [1.54, 1.807) is 0 Å². The average Bonchev–Trinajstić information content (AvgIpc) is 2.00. The molecule has 0 atom stereocenters. The van der Waals surface area contributed by atoms with Gasteiger partial charge in [0.1, 0.15) is 0 Å². The molecule has 6 nitrogen and oxygen atoms in total. The molecule has 0 aliphatic heterocycles. The summed E-state index contributed by atoms with van der Waals surface area (Å²) >= 11 is 0. The molecule has 0 radical (unpaired) electrons. The van der Waals surface area contributed by atoms with Crippen molar-refractivity contribution in [1.29, 1.82) is 0 Å². The first-order chi connectivity index (χ1) is 5.45. The molecule has 0 aromatic rings. The lowest BCUT2D eigenvalue weighted by molar-refractivity contribution is -0.164. The van der Waals surface area contributed by atoms with Gasteiger partial charge < -0.3 is 14.6 Å². The smallest absolute Gasteiger partial charge is 0.417 e. The van der Waals surface area contributed by atoms with Gasteiger partial charge >= 0.3 is 11.9 Å². The summed E-state index contributed by atoms with van der Waals surface area (Å²) in [5.41, 5.74) is 0. The number of carbonyl (C=O) groups excluding carboxylic acids is 2. The van der Waals surface area contributed by atoms with Crippen molar-refractivity contribution in [3.05, 3.63) is 0 Å². The number of rotatable bonds is 0. The molecule has 0 saturated carbocycles. The molecule has 70 valence electrons. The Morgan fingerprint density at radius 2 is 1.17 bits per heavy atom. The van der Waals surface area contributed by atoms with E-state index in [4.69, 9.17) is 9.90 Å². The molecule has 0 aromatic heterocycles. The van der Waals surface area contributed by atoms with Crippen LogP contribution in [0, 0.1) is 0 Å². The van der Waals surface area contributed by atoms with Crippen molar-refractivity contribution in [2.75, 3.05) is 14.2 Å². The third-order valence-corrected chi connectivity index (χ3v) is 0.537. The van der Waals surface area contributed by atoms with Crippen LogP contribution in [0.15, 0.2) is 0 Å². The van der Waals surface area contributed by atoms with Gasteiger partial charge in [-0.05, 0) is 0 Å². The molecule has 0 spiro atoms. The van der Waals surface area contributed by atoms with E-state index in [1.807, 2.05) is 0 Å². The Labute approximate surface area is 69.1 Å². The Kier molecular flexibility index (Phi) is 8.16. The van der Waals surface area contributed by atoms with Crippen LogP contribution >= 0.6 is 0 Å². The van der Waals surface area contributed by atoms with E-state index < -0.39 is 17.9 Å².